The molecule has 8 heteroatoms. The van der Waals surface area contributed by atoms with Crippen LogP contribution in [0.3, 0.4) is 0 Å². The zero-order chi connectivity index (χ0) is 12.3. The summed E-state index contributed by atoms with van der Waals surface area (Å²) in [6.45, 7) is 1.84. The van der Waals surface area contributed by atoms with Crippen molar-refractivity contribution in [1.82, 2.24) is 14.9 Å². The lowest BCUT2D eigenvalue weighted by Gasteiger charge is -2.03. The van der Waals surface area contributed by atoms with Crippen LogP contribution in [0.4, 0.5) is 0 Å². The minimum atomic E-state index is -3.85. The molecular weight excluding hydrogens is 254 g/mol. The Labute approximate surface area is 98.0 Å². The van der Waals surface area contributed by atoms with Crippen molar-refractivity contribution in [3.05, 3.63) is 12.0 Å². The third-order valence-electron chi connectivity index (χ3n) is 2.00. The van der Waals surface area contributed by atoms with E-state index in [-0.39, 0.29) is 17.5 Å². The fraction of sp³-hybridized carbons (Fsp3) is 0.500. The maximum absolute atomic E-state index is 11.2. The molecular formula is C8H12ClN3O3S. The second-order valence-corrected chi connectivity index (χ2v) is 5.60. The monoisotopic (exact) mass is 265 g/mol. The highest BCUT2D eigenvalue weighted by molar-refractivity contribution is 8.13. The Kier molecular flexibility index (Phi) is 3.93. The van der Waals surface area contributed by atoms with Crippen LogP contribution in [0.25, 0.3) is 0 Å². The zero-order valence-electron chi connectivity index (χ0n) is 8.90. The molecule has 0 saturated heterocycles. The minimum Gasteiger partial charge on any atom is -0.358 e. The highest BCUT2D eigenvalue weighted by Gasteiger charge is 2.17. The average molecular weight is 266 g/mol. The van der Waals surface area contributed by atoms with Crippen molar-refractivity contribution in [2.75, 3.05) is 7.05 Å². The average Bonchev–Trinajstić information content (AvgIpc) is 2.60. The van der Waals surface area contributed by atoms with Crippen LogP contribution < -0.4 is 5.32 Å². The molecule has 1 N–H and O–H groups in total. The summed E-state index contributed by atoms with van der Waals surface area (Å²) in [6.07, 6.45) is 1.78. The number of imidazole rings is 1. The van der Waals surface area contributed by atoms with Crippen LogP contribution in [-0.2, 0) is 26.8 Å². The highest BCUT2D eigenvalue weighted by atomic mass is 35.7. The molecule has 1 rings (SSSR count). The number of nitrogens with one attached hydrogen (secondary N) is 1. The summed E-state index contributed by atoms with van der Waals surface area (Å²) >= 11 is 0. The number of hydrogen-bond donors (Lipinski definition) is 1. The number of likely N-dealkylation sites (N-methyl/N-ethyl adjacent to an activating group) is 1. The van der Waals surface area contributed by atoms with Gasteiger partial charge in [-0.15, -0.1) is 0 Å². The van der Waals surface area contributed by atoms with E-state index in [1.54, 1.807) is 0 Å². The normalized spacial score (nSPS) is 11.4. The van der Waals surface area contributed by atoms with E-state index in [0.29, 0.717) is 12.2 Å². The smallest absolute Gasteiger partial charge is 0.280 e. The SMILES string of the molecule is CCc1nc(S(=O)(=O)Cl)cn1CC(=O)NC. The van der Waals surface area contributed by atoms with Crippen molar-refractivity contribution >= 4 is 25.6 Å². The molecule has 0 bridgehead atoms. The molecule has 0 atom stereocenters. The number of hydrogen-bond acceptors (Lipinski definition) is 4. The molecule has 0 unspecified atom stereocenters. The topological polar surface area (TPSA) is 81.1 Å². The number of nitrogens with zero attached hydrogens (tertiary/aromatic N) is 2. The molecule has 0 radical (unpaired) electrons. The maximum atomic E-state index is 11.2. The predicted octanol–water partition coefficient (Wildman–Crippen LogP) is 0.119. The zero-order valence-corrected chi connectivity index (χ0v) is 10.5. The molecule has 6 nitrogen and oxygen atoms in total. The molecule has 1 heterocycles. The molecule has 16 heavy (non-hydrogen) atoms. The Bertz CT molecular complexity index is 495. The van der Waals surface area contributed by atoms with E-state index in [1.807, 2.05) is 6.92 Å². The van der Waals surface area contributed by atoms with Gasteiger partial charge in [-0.1, -0.05) is 6.92 Å². The first kappa shape index (κ1) is 13.0. The van der Waals surface area contributed by atoms with E-state index in [1.165, 1.54) is 17.8 Å². The molecule has 0 aromatic carbocycles. The number of amides is 1. The predicted molar refractivity (Wildman–Crippen MR) is 58.7 cm³/mol. The number of carbonyl (C=O) groups excluding carboxylic acids is 1. The summed E-state index contributed by atoms with van der Waals surface area (Å²) in [6, 6.07) is 0. The third kappa shape index (κ3) is 2.96. The summed E-state index contributed by atoms with van der Waals surface area (Å²) in [5, 5.41) is 2.22. The van der Waals surface area contributed by atoms with Crippen LogP contribution in [0.2, 0.25) is 0 Å². The summed E-state index contributed by atoms with van der Waals surface area (Å²) in [4.78, 5) is 15.0. The maximum Gasteiger partial charge on any atom is 0.280 e. The minimum absolute atomic E-state index is 0.0269. The quantitative estimate of drug-likeness (QED) is 0.784. The molecule has 0 aliphatic heterocycles. The Hall–Kier alpha value is -1.08. The van der Waals surface area contributed by atoms with Gasteiger partial charge in [-0.3, -0.25) is 4.79 Å². The third-order valence-corrected chi connectivity index (χ3v) is 3.17. The van der Waals surface area contributed by atoms with Crippen LogP contribution in [0.5, 0.6) is 0 Å². The molecule has 90 valence electrons. The van der Waals surface area contributed by atoms with Crippen LogP contribution in [0.1, 0.15) is 12.7 Å². The molecule has 0 spiro atoms. The second kappa shape index (κ2) is 4.84. The van der Waals surface area contributed by atoms with Crippen LogP contribution in [-0.4, -0.2) is 30.9 Å². The van der Waals surface area contributed by atoms with Gasteiger partial charge in [0, 0.05) is 30.3 Å². The van der Waals surface area contributed by atoms with Gasteiger partial charge in [0.1, 0.15) is 12.4 Å². The first-order chi connectivity index (χ1) is 7.38. The van der Waals surface area contributed by atoms with E-state index >= 15 is 0 Å². The molecule has 1 amide bonds. The fourth-order valence-corrected chi connectivity index (χ4v) is 1.89. The van der Waals surface area contributed by atoms with Crippen LogP contribution in [0.15, 0.2) is 11.2 Å². The number of halogens is 1. The number of aromatic nitrogens is 2. The molecule has 0 saturated carbocycles. The number of aryl methyl sites for hydroxylation is 1. The van der Waals surface area contributed by atoms with Crippen molar-refractivity contribution < 1.29 is 13.2 Å². The van der Waals surface area contributed by atoms with Crippen molar-refractivity contribution in [1.29, 1.82) is 0 Å². The van der Waals surface area contributed by atoms with Gasteiger partial charge in [-0.05, 0) is 0 Å². The van der Waals surface area contributed by atoms with Crippen molar-refractivity contribution in [2.24, 2.45) is 0 Å². The Morgan fingerprint density at radius 1 is 1.62 bits per heavy atom. The van der Waals surface area contributed by atoms with E-state index in [0.717, 1.165) is 0 Å². The lowest BCUT2D eigenvalue weighted by Crippen LogP contribution is -2.24. The largest absolute Gasteiger partial charge is 0.358 e. The summed E-state index contributed by atoms with van der Waals surface area (Å²) in [5.74, 6) is 0.272. The summed E-state index contributed by atoms with van der Waals surface area (Å²) in [7, 11) is 2.82. The van der Waals surface area contributed by atoms with Crippen molar-refractivity contribution in [3.63, 3.8) is 0 Å². The summed E-state index contributed by atoms with van der Waals surface area (Å²) < 4.78 is 23.6. The first-order valence-electron chi connectivity index (χ1n) is 4.59. The molecule has 0 aliphatic carbocycles. The standard InChI is InChI=1S/C8H12ClN3O3S/c1-3-6-11-8(16(9,14)15)5-12(6)4-7(13)10-2/h5H,3-4H2,1-2H3,(H,10,13). The van der Waals surface area contributed by atoms with Gasteiger partial charge in [0.05, 0.1) is 0 Å². The Morgan fingerprint density at radius 3 is 2.69 bits per heavy atom. The fourth-order valence-electron chi connectivity index (χ4n) is 1.20. The lowest BCUT2D eigenvalue weighted by atomic mass is 10.4. The number of rotatable bonds is 4. The molecule has 0 aliphatic rings. The van der Waals surface area contributed by atoms with E-state index in [2.05, 4.69) is 10.3 Å². The van der Waals surface area contributed by atoms with E-state index < -0.39 is 9.05 Å². The number of carbonyl (C=O) groups is 1. The van der Waals surface area contributed by atoms with Crippen molar-refractivity contribution in [3.8, 4) is 0 Å². The van der Waals surface area contributed by atoms with Gasteiger partial charge in [0.15, 0.2) is 5.03 Å². The van der Waals surface area contributed by atoms with Gasteiger partial charge in [0.25, 0.3) is 9.05 Å². The Balaban J connectivity index is 3.09. The van der Waals surface area contributed by atoms with Gasteiger partial charge in [-0.2, -0.15) is 0 Å². The van der Waals surface area contributed by atoms with Gasteiger partial charge in [-0.25, -0.2) is 13.4 Å². The van der Waals surface area contributed by atoms with E-state index in [9.17, 15) is 13.2 Å². The van der Waals surface area contributed by atoms with Gasteiger partial charge in [0.2, 0.25) is 5.91 Å². The first-order valence-corrected chi connectivity index (χ1v) is 6.90. The highest BCUT2D eigenvalue weighted by Crippen LogP contribution is 2.14. The van der Waals surface area contributed by atoms with Gasteiger partial charge >= 0.3 is 0 Å². The lowest BCUT2D eigenvalue weighted by molar-refractivity contribution is -0.121. The van der Waals surface area contributed by atoms with E-state index in [4.69, 9.17) is 10.7 Å². The molecule has 1 aromatic rings. The van der Waals surface area contributed by atoms with Crippen LogP contribution >= 0.6 is 10.7 Å². The second-order valence-electron chi connectivity index (χ2n) is 3.09. The Morgan fingerprint density at radius 2 is 2.25 bits per heavy atom. The molecule has 1 aromatic heterocycles. The molecule has 0 fully saturated rings. The van der Waals surface area contributed by atoms with Gasteiger partial charge < -0.3 is 9.88 Å². The summed E-state index contributed by atoms with van der Waals surface area (Å²) in [5.41, 5.74) is 0. The van der Waals surface area contributed by atoms with Crippen molar-refractivity contribution in [2.45, 2.75) is 24.9 Å². The van der Waals surface area contributed by atoms with Crippen LogP contribution in [0, 0.1) is 0 Å².